The highest BCUT2D eigenvalue weighted by molar-refractivity contribution is 6.05. The Morgan fingerprint density at radius 1 is 0.574 bits per heavy atom. The fraction of sp³-hybridized carbons (Fsp3) is 0.340. The highest BCUT2D eigenvalue weighted by Gasteiger charge is 2.36. The SMILES string of the molecule is Cc1nc2ccc(N3CCCCC3)cc2c(-c2ccccc2)c1C(CF)C(=O)C(CF)c1c(C)nc2ccc(N3CCCCC3)cc2c1-c1ccccc1. The molecule has 2 aliphatic rings. The van der Waals surface area contributed by atoms with Gasteiger partial charge in [-0.15, -0.1) is 0 Å². The number of hydrogen-bond acceptors (Lipinski definition) is 5. The number of carbonyl (C=O) groups is 1. The van der Waals surface area contributed by atoms with Crippen molar-refractivity contribution in [2.45, 2.75) is 64.2 Å². The van der Waals surface area contributed by atoms with Gasteiger partial charge in [-0.3, -0.25) is 14.8 Å². The van der Waals surface area contributed by atoms with Crippen molar-refractivity contribution in [3.05, 3.63) is 120 Å². The van der Waals surface area contributed by atoms with E-state index < -0.39 is 31.0 Å². The molecule has 2 unspecified atom stereocenters. The van der Waals surface area contributed by atoms with Crippen LogP contribution in [-0.4, -0.2) is 55.3 Å². The van der Waals surface area contributed by atoms with Crippen molar-refractivity contribution in [3.8, 4) is 22.3 Å². The number of pyridine rings is 2. The lowest BCUT2D eigenvalue weighted by Gasteiger charge is -2.30. The van der Waals surface area contributed by atoms with E-state index in [1.807, 2.05) is 86.6 Å². The number of aromatic nitrogens is 2. The van der Waals surface area contributed by atoms with Gasteiger partial charge in [0.05, 0.1) is 22.9 Å². The summed E-state index contributed by atoms with van der Waals surface area (Å²) in [4.78, 5) is 29.9. The first-order valence-corrected chi connectivity index (χ1v) is 19.6. The lowest BCUT2D eigenvalue weighted by molar-refractivity contribution is -0.122. The van der Waals surface area contributed by atoms with Crippen LogP contribution >= 0.6 is 0 Å². The zero-order chi connectivity index (χ0) is 37.2. The smallest absolute Gasteiger partial charge is 0.153 e. The zero-order valence-corrected chi connectivity index (χ0v) is 31.3. The van der Waals surface area contributed by atoms with Crippen LogP contribution < -0.4 is 9.80 Å². The molecule has 8 rings (SSSR count). The van der Waals surface area contributed by atoms with E-state index in [0.717, 1.165) is 107 Å². The second kappa shape index (κ2) is 15.7. The van der Waals surface area contributed by atoms with E-state index in [9.17, 15) is 0 Å². The summed E-state index contributed by atoms with van der Waals surface area (Å²) < 4.78 is 31.8. The fourth-order valence-electron chi connectivity index (χ4n) is 8.99. The Balaban J connectivity index is 1.31. The highest BCUT2D eigenvalue weighted by Crippen LogP contribution is 2.44. The molecule has 0 saturated carbocycles. The molecule has 6 aromatic rings. The fourth-order valence-corrected chi connectivity index (χ4v) is 8.99. The molecule has 2 saturated heterocycles. The quantitative estimate of drug-likeness (QED) is 0.141. The molecule has 0 N–H and O–H groups in total. The molecule has 0 spiro atoms. The van der Waals surface area contributed by atoms with Crippen molar-refractivity contribution >= 4 is 39.0 Å². The normalized spacial score (nSPS) is 16.1. The lowest BCUT2D eigenvalue weighted by atomic mass is 9.78. The average molecular weight is 723 g/mol. The van der Waals surface area contributed by atoms with Gasteiger partial charge in [0.1, 0.15) is 13.3 Å². The minimum absolute atomic E-state index is 0.498. The van der Waals surface area contributed by atoms with Gasteiger partial charge in [-0.25, -0.2) is 8.78 Å². The molecule has 4 aromatic carbocycles. The van der Waals surface area contributed by atoms with E-state index in [1.165, 1.54) is 12.8 Å². The standard InChI is InChI=1S/C47H48F2N4O/c1-31-43(45(33-15-7-3-8-16-33)37-27-35(19-21-41(37)50-31)52-23-11-5-12-24-52)39(29-48)47(54)40(30-49)44-32(2)51-42-22-20-36(53-25-13-6-14-26-53)28-38(42)46(44)34-17-9-4-10-18-34/h3-4,7-10,15-22,27-28,39-40H,5-6,11-14,23-26,29-30H2,1-2H3. The lowest BCUT2D eigenvalue weighted by Crippen LogP contribution is -2.29. The Morgan fingerprint density at radius 3 is 1.33 bits per heavy atom. The van der Waals surface area contributed by atoms with E-state index in [2.05, 4.69) is 34.1 Å². The van der Waals surface area contributed by atoms with Crippen LogP contribution in [0, 0.1) is 13.8 Å². The third kappa shape index (κ3) is 6.74. The number of fused-ring (bicyclic) bond motifs is 2. The minimum Gasteiger partial charge on any atom is -0.372 e. The van der Waals surface area contributed by atoms with Crippen LogP contribution in [0.25, 0.3) is 44.1 Å². The maximum atomic E-state index is 15.9. The monoisotopic (exact) mass is 722 g/mol. The van der Waals surface area contributed by atoms with Crippen molar-refractivity contribution in [1.29, 1.82) is 0 Å². The molecule has 0 aliphatic carbocycles. The molecule has 0 amide bonds. The van der Waals surface area contributed by atoms with Gasteiger partial charge in [0, 0.05) is 59.7 Å². The second-order valence-electron chi connectivity index (χ2n) is 15.0. The Kier molecular flexibility index (Phi) is 10.4. The maximum Gasteiger partial charge on any atom is 0.153 e. The number of Topliss-reactive ketones (excluding diaryl/α,β-unsaturated/α-hetero) is 1. The van der Waals surface area contributed by atoms with Crippen molar-refractivity contribution in [1.82, 2.24) is 9.97 Å². The summed E-state index contributed by atoms with van der Waals surface area (Å²) in [5.41, 5.74) is 9.27. The molecule has 2 atom stereocenters. The molecule has 54 heavy (non-hydrogen) atoms. The predicted octanol–water partition coefficient (Wildman–Crippen LogP) is 11.1. The van der Waals surface area contributed by atoms with Crippen LogP contribution in [0.1, 0.15) is 72.9 Å². The first-order valence-electron chi connectivity index (χ1n) is 19.6. The van der Waals surface area contributed by atoms with Crippen molar-refractivity contribution in [2.75, 3.05) is 49.3 Å². The van der Waals surface area contributed by atoms with Gasteiger partial charge in [0.25, 0.3) is 0 Å². The Hall–Kier alpha value is -5.17. The van der Waals surface area contributed by atoms with Gasteiger partial charge in [-0.2, -0.15) is 0 Å². The van der Waals surface area contributed by atoms with Crippen LogP contribution in [0.5, 0.6) is 0 Å². The van der Waals surface area contributed by atoms with Gasteiger partial charge >= 0.3 is 0 Å². The number of carbonyl (C=O) groups excluding carboxylic acids is 1. The second-order valence-corrected chi connectivity index (χ2v) is 15.0. The van der Waals surface area contributed by atoms with Crippen molar-refractivity contribution in [3.63, 3.8) is 0 Å². The van der Waals surface area contributed by atoms with Crippen molar-refractivity contribution < 1.29 is 13.6 Å². The van der Waals surface area contributed by atoms with Gasteiger partial charge in [-0.1, -0.05) is 60.7 Å². The number of piperidine rings is 2. The molecule has 7 heteroatoms. The number of halogens is 2. The Bertz CT molecular complexity index is 2120. The Labute approximate surface area is 317 Å². The highest BCUT2D eigenvalue weighted by atomic mass is 19.1. The summed E-state index contributed by atoms with van der Waals surface area (Å²) in [6.45, 7) is 5.65. The number of alkyl halides is 2. The molecule has 5 nitrogen and oxygen atoms in total. The predicted molar refractivity (Wildman–Crippen MR) is 218 cm³/mol. The summed E-state index contributed by atoms with van der Waals surface area (Å²) in [7, 11) is 0. The average Bonchev–Trinajstić information content (AvgIpc) is 3.22. The third-order valence-electron chi connectivity index (χ3n) is 11.7. The van der Waals surface area contributed by atoms with Gasteiger partial charge < -0.3 is 9.80 Å². The van der Waals surface area contributed by atoms with Crippen molar-refractivity contribution in [2.24, 2.45) is 0 Å². The molecular formula is C47H48F2N4O. The number of benzene rings is 4. The molecular weight excluding hydrogens is 675 g/mol. The van der Waals surface area contributed by atoms with Crippen LogP contribution in [0.3, 0.4) is 0 Å². The summed E-state index contributed by atoms with van der Waals surface area (Å²) in [6, 6.07) is 32.3. The van der Waals surface area contributed by atoms with Gasteiger partial charge in [0.15, 0.2) is 5.78 Å². The van der Waals surface area contributed by atoms with E-state index in [1.54, 1.807) is 0 Å². The number of ketones is 1. The summed E-state index contributed by atoms with van der Waals surface area (Å²) in [5, 5.41) is 1.73. The van der Waals surface area contributed by atoms with E-state index in [4.69, 9.17) is 9.97 Å². The molecule has 2 fully saturated rings. The molecule has 0 bridgehead atoms. The number of aryl methyl sites for hydroxylation is 2. The van der Waals surface area contributed by atoms with E-state index in [-0.39, 0.29) is 0 Å². The largest absolute Gasteiger partial charge is 0.372 e. The van der Waals surface area contributed by atoms with Gasteiger partial charge in [0.2, 0.25) is 0 Å². The number of hydrogen-bond donors (Lipinski definition) is 0. The first kappa shape index (κ1) is 35.8. The molecule has 2 aliphatic heterocycles. The van der Waals surface area contributed by atoms with E-state index >= 15 is 13.6 Å². The van der Waals surface area contributed by atoms with Crippen LogP contribution in [0.15, 0.2) is 97.1 Å². The summed E-state index contributed by atoms with van der Waals surface area (Å²) >= 11 is 0. The Morgan fingerprint density at radius 2 is 0.963 bits per heavy atom. The maximum absolute atomic E-state index is 15.9. The van der Waals surface area contributed by atoms with Crippen LogP contribution in [0.4, 0.5) is 20.2 Å². The van der Waals surface area contributed by atoms with Crippen LogP contribution in [0.2, 0.25) is 0 Å². The molecule has 2 aromatic heterocycles. The number of nitrogens with zero attached hydrogens (tertiary/aromatic N) is 4. The first-order chi connectivity index (χ1) is 26.5. The summed E-state index contributed by atoms with van der Waals surface area (Å²) in [6.07, 6.45) is 6.99. The summed E-state index contributed by atoms with van der Waals surface area (Å²) in [5.74, 6) is -2.98. The zero-order valence-electron chi connectivity index (χ0n) is 31.3. The number of rotatable bonds is 10. The molecule has 0 radical (unpaired) electrons. The van der Waals surface area contributed by atoms with Crippen LogP contribution in [-0.2, 0) is 4.79 Å². The molecule has 4 heterocycles. The topological polar surface area (TPSA) is 49.3 Å². The third-order valence-corrected chi connectivity index (χ3v) is 11.7. The molecule has 276 valence electrons. The van der Waals surface area contributed by atoms with E-state index in [0.29, 0.717) is 22.5 Å². The number of anilines is 2. The van der Waals surface area contributed by atoms with Gasteiger partial charge in [-0.05, 0) is 122 Å². The minimum atomic E-state index is -1.24.